The molecule has 1 saturated heterocycles. The van der Waals surface area contributed by atoms with E-state index < -0.39 is 24.8 Å². The molecule has 0 unspecified atom stereocenters. The van der Waals surface area contributed by atoms with Gasteiger partial charge in [0.1, 0.15) is 23.7 Å². The van der Waals surface area contributed by atoms with Crippen LogP contribution in [-0.2, 0) is 9.47 Å². The van der Waals surface area contributed by atoms with Crippen LogP contribution in [0.4, 0.5) is 23.7 Å². The molecule has 1 aliphatic rings. The molecule has 1 aliphatic heterocycles. The van der Waals surface area contributed by atoms with E-state index in [0.717, 1.165) is 0 Å². The topological polar surface area (TPSA) is 81.4 Å². The number of rotatable bonds is 7. The van der Waals surface area contributed by atoms with E-state index >= 15 is 0 Å². The monoisotopic (exact) mass is 389 g/mol. The van der Waals surface area contributed by atoms with Crippen LogP contribution in [0.3, 0.4) is 0 Å². The molecule has 1 amide bonds. The van der Waals surface area contributed by atoms with Crippen molar-refractivity contribution in [3.05, 3.63) is 24.5 Å². The fourth-order valence-electron chi connectivity index (χ4n) is 2.74. The van der Waals surface area contributed by atoms with Crippen molar-refractivity contribution >= 4 is 22.7 Å². The number of hydrogen-bond donors (Lipinski definition) is 1. The van der Waals surface area contributed by atoms with Gasteiger partial charge in [0.2, 0.25) is 0 Å². The van der Waals surface area contributed by atoms with Crippen molar-refractivity contribution in [3.63, 3.8) is 0 Å². The average molecular weight is 389 g/mol. The lowest BCUT2D eigenvalue weighted by atomic mass is 10.2. The first-order valence-electron chi connectivity index (χ1n) is 8.15. The van der Waals surface area contributed by atoms with Crippen LogP contribution in [0.15, 0.2) is 28.9 Å². The van der Waals surface area contributed by atoms with Crippen molar-refractivity contribution in [2.45, 2.75) is 24.8 Å². The van der Waals surface area contributed by atoms with Gasteiger partial charge in [0.15, 0.2) is 6.10 Å². The summed E-state index contributed by atoms with van der Waals surface area (Å²) in [5, 5.41) is 9.59. The van der Waals surface area contributed by atoms with Gasteiger partial charge in [-0.15, -0.1) is 0 Å². The first kappa shape index (κ1) is 19.3. The molecular weight excluding hydrogens is 371 g/mol. The zero-order valence-electron chi connectivity index (χ0n) is 14.4. The predicted molar refractivity (Wildman–Crippen MR) is 87.9 cm³/mol. The first-order valence-corrected chi connectivity index (χ1v) is 8.15. The molecule has 0 bridgehead atoms. The standard InChI is InChI=1S/C17H18F3NO6/c1-24-8-11-7-21(16(23)27-11)13-9-26-14-6-10(2-3-12(13)14)25-5-4-15(22)17(18,19)20/h2-3,6,9,11,15,22H,4-5,7-8H2,1H3/t11-,15+/m0/s1. The summed E-state index contributed by atoms with van der Waals surface area (Å²) in [6.45, 7) is 0.283. The summed E-state index contributed by atoms with van der Waals surface area (Å²) < 4.78 is 57.7. The second-order valence-electron chi connectivity index (χ2n) is 6.05. The maximum atomic E-state index is 12.3. The molecule has 1 N–H and O–H groups in total. The minimum Gasteiger partial charge on any atom is -0.493 e. The molecule has 1 aromatic carbocycles. The number of anilines is 1. The van der Waals surface area contributed by atoms with Crippen LogP contribution in [-0.4, -0.2) is 56.5 Å². The average Bonchev–Trinajstić information content (AvgIpc) is 3.17. The smallest absolute Gasteiger partial charge is 0.414 e. The fraction of sp³-hybridized carbons (Fsp3) is 0.471. The van der Waals surface area contributed by atoms with Crippen molar-refractivity contribution < 1.29 is 41.7 Å². The molecule has 0 radical (unpaired) electrons. The van der Waals surface area contributed by atoms with E-state index in [1.165, 1.54) is 24.3 Å². The lowest BCUT2D eigenvalue weighted by molar-refractivity contribution is -0.206. The minimum absolute atomic E-state index is 0.278. The van der Waals surface area contributed by atoms with Gasteiger partial charge < -0.3 is 23.7 Å². The Morgan fingerprint density at radius 3 is 2.89 bits per heavy atom. The highest BCUT2D eigenvalue weighted by atomic mass is 19.4. The van der Waals surface area contributed by atoms with Gasteiger partial charge >= 0.3 is 12.3 Å². The molecule has 2 aromatic rings. The summed E-state index contributed by atoms with van der Waals surface area (Å²) in [6.07, 6.45) is -7.17. The van der Waals surface area contributed by atoms with E-state index in [9.17, 15) is 18.0 Å². The largest absolute Gasteiger partial charge is 0.493 e. The molecule has 1 fully saturated rings. The van der Waals surface area contributed by atoms with E-state index in [1.807, 2.05) is 0 Å². The lowest BCUT2D eigenvalue weighted by Crippen LogP contribution is -2.30. The number of carbonyl (C=O) groups is 1. The first-order chi connectivity index (χ1) is 12.8. The molecule has 10 heteroatoms. The number of amides is 1. The predicted octanol–water partition coefficient (Wildman–Crippen LogP) is 3.10. The number of cyclic esters (lactones) is 1. The van der Waals surface area contributed by atoms with Crippen LogP contribution in [0.1, 0.15) is 6.42 Å². The Bertz CT molecular complexity index is 806. The number of furan rings is 1. The molecule has 1 aromatic heterocycles. The van der Waals surface area contributed by atoms with E-state index in [4.69, 9.17) is 23.7 Å². The third-order valence-electron chi connectivity index (χ3n) is 4.08. The van der Waals surface area contributed by atoms with E-state index in [1.54, 1.807) is 12.1 Å². The molecule has 0 spiro atoms. The number of benzene rings is 1. The maximum Gasteiger partial charge on any atom is 0.414 e. The Labute approximate surface area is 152 Å². The Balaban J connectivity index is 1.67. The highest BCUT2D eigenvalue weighted by Gasteiger charge is 2.38. The number of alkyl halides is 3. The molecule has 148 valence electrons. The van der Waals surface area contributed by atoms with Crippen molar-refractivity contribution in [3.8, 4) is 5.75 Å². The van der Waals surface area contributed by atoms with Gasteiger partial charge in [-0.05, 0) is 12.1 Å². The van der Waals surface area contributed by atoms with Crippen LogP contribution < -0.4 is 9.64 Å². The number of ether oxygens (including phenoxy) is 3. The number of aliphatic hydroxyl groups is 1. The van der Waals surface area contributed by atoms with Crippen molar-refractivity contribution in [2.24, 2.45) is 0 Å². The van der Waals surface area contributed by atoms with Crippen molar-refractivity contribution in [2.75, 3.05) is 31.8 Å². The highest BCUT2D eigenvalue weighted by Crippen LogP contribution is 2.34. The fourth-order valence-corrected chi connectivity index (χ4v) is 2.74. The van der Waals surface area contributed by atoms with Crippen LogP contribution in [0.2, 0.25) is 0 Å². The molecular formula is C17H18F3NO6. The molecule has 27 heavy (non-hydrogen) atoms. The summed E-state index contributed by atoms with van der Waals surface area (Å²) in [5.74, 6) is 0.291. The summed E-state index contributed by atoms with van der Waals surface area (Å²) in [5.41, 5.74) is 0.925. The molecule has 2 atom stereocenters. The summed E-state index contributed by atoms with van der Waals surface area (Å²) >= 11 is 0. The molecule has 2 heterocycles. The van der Waals surface area contributed by atoms with Crippen LogP contribution >= 0.6 is 0 Å². The number of fused-ring (bicyclic) bond motifs is 1. The van der Waals surface area contributed by atoms with Gasteiger partial charge in [-0.25, -0.2) is 4.79 Å². The molecule has 3 rings (SSSR count). The van der Waals surface area contributed by atoms with Gasteiger partial charge in [0.25, 0.3) is 0 Å². The number of nitrogens with zero attached hydrogens (tertiary/aromatic N) is 1. The van der Waals surface area contributed by atoms with Crippen molar-refractivity contribution in [1.82, 2.24) is 0 Å². The van der Waals surface area contributed by atoms with Gasteiger partial charge in [-0.3, -0.25) is 4.90 Å². The normalized spacial score (nSPS) is 18.8. The van der Waals surface area contributed by atoms with E-state index in [-0.39, 0.29) is 19.3 Å². The lowest BCUT2D eigenvalue weighted by Gasteiger charge is -2.14. The number of methoxy groups -OCH3 is 1. The van der Waals surface area contributed by atoms with Crippen LogP contribution in [0.25, 0.3) is 11.0 Å². The zero-order valence-corrected chi connectivity index (χ0v) is 14.4. The number of halogens is 3. The van der Waals surface area contributed by atoms with Gasteiger partial charge in [-0.2, -0.15) is 13.2 Å². The number of carbonyl (C=O) groups excluding carboxylic acids is 1. The zero-order chi connectivity index (χ0) is 19.6. The summed E-state index contributed by atoms with van der Waals surface area (Å²) in [7, 11) is 1.51. The number of hydrogen-bond acceptors (Lipinski definition) is 6. The highest BCUT2D eigenvalue weighted by molar-refractivity contribution is 6.01. The second-order valence-corrected chi connectivity index (χ2v) is 6.05. The minimum atomic E-state index is -4.67. The van der Waals surface area contributed by atoms with E-state index in [2.05, 4.69) is 0 Å². The summed E-state index contributed by atoms with van der Waals surface area (Å²) in [4.78, 5) is 13.4. The van der Waals surface area contributed by atoms with Crippen molar-refractivity contribution in [1.29, 1.82) is 0 Å². The molecule has 7 nitrogen and oxygen atoms in total. The van der Waals surface area contributed by atoms with Gasteiger partial charge in [0.05, 0.1) is 25.4 Å². The third kappa shape index (κ3) is 4.28. The van der Waals surface area contributed by atoms with E-state index in [0.29, 0.717) is 29.0 Å². The Kier molecular flexibility index (Phi) is 5.47. The summed E-state index contributed by atoms with van der Waals surface area (Å²) in [6, 6.07) is 4.70. The quantitative estimate of drug-likeness (QED) is 0.784. The Morgan fingerprint density at radius 2 is 2.19 bits per heavy atom. The van der Waals surface area contributed by atoms with Crippen LogP contribution in [0, 0.1) is 0 Å². The Hall–Kier alpha value is -2.46. The third-order valence-corrected chi connectivity index (χ3v) is 4.08. The maximum absolute atomic E-state index is 12.3. The number of aliphatic hydroxyl groups excluding tert-OH is 1. The molecule has 0 aliphatic carbocycles. The molecule has 0 saturated carbocycles. The Morgan fingerprint density at radius 1 is 1.41 bits per heavy atom. The SMILES string of the molecule is COC[C@@H]1CN(c2coc3cc(OCC[C@@H](O)C(F)(F)F)ccc23)C(=O)O1. The van der Waals surface area contributed by atoms with Gasteiger partial charge in [0, 0.05) is 25.0 Å². The second kappa shape index (κ2) is 7.65. The van der Waals surface area contributed by atoms with Gasteiger partial charge in [-0.1, -0.05) is 0 Å². The van der Waals surface area contributed by atoms with Crippen LogP contribution in [0.5, 0.6) is 5.75 Å².